The van der Waals surface area contributed by atoms with Crippen LogP contribution in [0.5, 0.6) is 0 Å². The van der Waals surface area contributed by atoms with E-state index < -0.39 is 11.4 Å². The Bertz CT molecular complexity index is 715. The van der Waals surface area contributed by atoms with Gasteiger partial charge in [-0.3, -0.25) is 4.79 Å². The van der Waals surface area contributed by atoms with Gasteiger partial charge in [0.15, 0.2) is 0 Å². The summed E-state index contributed by atoms with van der Waals surface area (Å²) in [7, 11) is 0. The first-order valence-corrected chi connectivity index (χ1v) is 8.46. The van der Waals surface area contributed by atoms with Crippen LogP contribution in [-0.4, -0.2) is 23.1 Å². The number of carbonyl (C=O) groups excluding carboxylic acids is 2. The first-order valence-electron chi connectivity index (χ1n) is 8.46. The van der Waals surface area contributed by atoms with Crippen LogP contribution in [0.25, 0.3) is 0 Å². The predicted molar refractivity (Wildman–Crippen MR) is 89.4 cm³/mol. The van der Waals surface area contributed by atoms with Gasteiger partial charge in [-0.2, -0.15) is 0 Å². The molecule has 1 spiro atoms. The van der Waals surface area contributed by atoms with Gasteiger partial charge in [-0.05, 0) is 47.9 Å². The zero-order chi connectivity index (χ0) is 17.1. The molecular weight excluding hydrogens is 304 g/mol. The standard InChI is InChI=1S/C19H22N2O3/c1-4-16(22)24-21-15-12-13-10-11-19(15,18(13,2)3)17(23)20(21)14-8-6-5-7-9-14/h4-9,13,15H,1,10-12H2,2-3H3/t13-,15-,19+/m1/s1. The molecule has 1 saturated heterocycles. The number of carbonyl (C=O) groups is 2. The van der Waals surface area contributed by atoms with Crippen LogP contribution in [0, 0.1) is 16.7 Å². The van der Waals surface area contributed by atoms with Gasteiger partial charge in [-0.1, -0.05) is 38.6 Å². The first-order chi connectivity index (χ1) is 11.4. The molecule has 1 amide bonds. The Morgan fingerprint density at radius 1 is 1.33 bits per heavy atom. The second-order valence-corrected chi connectivity index (χ2v) is 7.55. The molecule has 0 radical (unpaired) electrons. The predicted octanol–water partition coefficient (Wildman–Crippen LogP) is 3.09. The molecular formula is C19H22N2O3. The normalized spacial score (nSPS) is 33.6. The molecule has 5 heteroatoms. The van der Waals surface area contributed by atoms with Crippen molar-refractivity contribution in [1.29, 1.82) is 0 Å². The van der Waals surface area contributed by atoms with Crippen LogP contribution in [0.4, 0.5) is 5.69 Å². The maximum Gasteiger partial charge on any atom is 0.351 e. The molecule has 5 nitrogen and oxygen atoms in total. The molecule has 3 atom stereocenters. The largest absolute Gasteiger partial charge is 0.351 e. The summed E-state index contributed by atoms with van der Waals surface area (Å²) in [4.78, 5) is 30.9. The lowest BCUT2D eigenvalue weighted by atomic mass is 9.68. The monoisotopic (exact) mass is 326 g/mol. The Kier molecular flexibility index (Phi) is 3.16. The van der Waals surface area contributed by atoms with Gasteiger partial charge in [0.2, 0.25) is 0 Å². The molecule has 1 aliphatic heterocycles. The molecule has 0 aromatic heterocycles. The van der Waals surface area contributed by atoms with Gasteiger partial charge in [-0.25, -0.2) is 9.80 Å². The molecule has 2 aliphatic carbocycles. The fourth-order valence-corrected chi connectivity index (χ4v) is 5.18. The van der Waals surface area contributed by atoms with Gasteiger partial charge in [0.25, 0.3) is 5.91 Å². The van der Waals surface area contributed by atoms with E-state index in [1.165, 1.54) is 5.17 Å². The molecule has 2 bridgehead atoms. The van der Waals surface area contributed by atoms with Gasteiger partial charge in [0, 0.05) is 6.08 Å². The highest BCUT2D eigenvalue weighted by Crippen LogP contribution is 2.70. The summed E-state index contributed by atoms with van der Waals surface area (Å²) in [6, 6.07) is 9.28. The molecule has 0 N–H and O–H groups in total. The highest BCUT2D eigenvalue weighted by atomic mass is 16.7. The fraction of sp³-hybridized carbons (Fsp3) is 0.474. The number of hydrazine groups is 1. The third-order valence-electron chi connectivity index (χ3n) is 6.52. The molecule has 1 aromatic carbocycles. The summed E-state index contributed by atoms with van der Waals surface area (Å²) in [6.07, 6.45) is 3.91. The van der Waals surface area contributed by atoms with Crippen molar-refractivity contribution in [2.24, 2.45) is 16.7 Å². The van der Waals surface area contributed by atoms with E-state index in [0.717, 1.165) is 31.0 Å². The van der Waals surface area contributed by atoms with Crippen molar-refractivity contribution >= 4 is 17.6 Å². The van der Waals surface area contributed by atoms with E-state index in [1.54, 1.807) is 5.01 Å². The highest BCUT2D eigenvalue weighted by Gasteiger charge is 2.75. The van der Waals surface area contributed by atoms with Crippen LogP contribution >= 0.6 is 0 Å². The number of hydrogen-bond acceptors (Lipinski definition) is 4. The van der Waals surface area contributed by atoms with Crippen LogP contribution in [0.1, 0.15) is 33.1 Å². The molecule has 4 rings (SSSR count). The molecule has 24 heavy (non-hydrogen) atoms. The van der Waals surface area contributed by atoms with E-state index in [9.17, 15) is 9.59 Å². The number of hydrogen-bond donors (Lipinski definition) is 0. The lowest BCUT2D eigenvalue weighted by Crippen LogP contribution is -2.44. The average Bonchev–Trinajstić information content (AvgIpc) is 3.09. The Morgan fingerprint density at radius 3 is 2.67 bits per heavy atom. The third-order valence-corrected chi connectivity index (χ3v) is 6.52. The zero-order valence-corrected chi connectivity index (χ0v) is 14.1. The van der Waals surface area contributed by atoms with E-state index in [0.29, 0.717) is 5.92 Å². The third kappa shape index (κ3) is 1.68. The lowest BCUT2D eigenvalue weighted by Gasteiger charge is -2.34. The Morgan fingerprint density at radius 2 is 2.04 bits per heavy atom. The van der Waals surface area contributed by atoms with E-state index in [1.807, 2.05) is 30.3 Å². The summed E-state index contributed by atoms with van der Waals surface area (Å²) in [6.45, 7) is 7.85. The van der Waals surface area contributed by atoms with Gasteiger partial charge in [0.1, 0.15) is 0 Å². The summed E-state index contributed by atoms with van der Waals surface area (Å²) in [5.41, 5.74) is 0.133. The van der Waals surface area contributed by atoms with Gasteiger partial charge in [0.05, 0.1) is 17.1 Å². The van der Waals surface area contributed by atoms with Gasteiger partial charge < -0.3 is 4.84 Å². The number of rotatable bonds is 3. The van der Waals surface area contributed by atoms with Crippen molar-refractivity contribution in [3.8, 4) is 0 Å². The number of amides is 1. The Hall–Kier alpha value is -2.14. The lowest BCUT2D eigenvalue weighted by molar-refractivity contribution is -0.197. The Balaban J connectivity index is 1.82. The fourth-order valence-electron chi connectivity index (χ4n) is 5.18. The topological polar surface area (TPSA) is 49.9 Å². The van der Waals surface area contributed by atoms with Crippen LogP contribution < -0.4 is 5.01 Å². The van der Waals surface area contributed by atoms with E-state index in [4.69, 9.17) is 4.84 Å². The van der Waals surface area contributed by atoms with Gasteiger partial charge >= 0.3 is 5.97 Å². The van der Waals surface area contributed by atoms with Crippen LogP contribution in [0.15, 0.2) is 43.0 Å². The smallest absolute Gasteiger partial charge is 0.343 e. The molecule has 2 saturated carbocycles. The van der Waals surface area contributed by atoms with Crippen LogP contribution in [0.3, 0.4) is 0 Å². The number of benzene rings is 1. The minimum absolute atomic E-state index is 0.0422. The van der Waals surface area contributed by atoms with Crippen molar-refractivity contribution < 1.29 is 14.4 Å². The summed E-state index contributed by atoms with van der Waals surface area (Å²) >= 11 is 0. The quantitative estimate of drug-likeness (QED) is 0.801. The van der Waals surface area contributed by atoms with E-state index in [2.05, 4.69) is 20.4 Å². The number of nitrogens with zero attached hydrogens (tertiary/aromatic N) is 2. The average molecular weight is 326 g/mol. The molecule has 0 unspecified atom stereocenters. The number of hydroxylamine groups is 1. The first kappa shape index (κ1) is 15.4. The number of fused-ring (bicyclic) bond motifs is 1. The van der Waals surface area contributed by atoms with Crippen molar-refractivity contribution in [2.45, 2.75) is 39.2 Å². The summed E-state index contributed by atoms with van der Waals surface area (Å²) in [5, 5.41) is 3.07. The minimum Gasteiger partial charge on any atom is -0.343 e. The highest BCUT2D eigenvalue weighted by molar-refractivity contribution is 6.01. The van der Waals surface area contributed by atoms with Crippen molar-refractivity contribution in [1.82, 2.24) is 5.17 Å². The number of anilines is 1. The minimum atomic E-state index is -0.540. The maximum atomic E-state index is 13.5. The maximum absolute atomic E-state index is 13.5. The number of para-hydroxylation sites is 1. The van der Waals surface area contributed by atoms with Crippen LogP contribution in [0.2, 0.25) is 0 Å². The SMILES string of the molecule is C=CC(=O)ON1[C@@H]2C[C@H]3CC[C@]2(C(=O)N1c1ccccc1)C3(C)C. The second-order valence-electron chi connectivity index (χ2n) is 7.55. The molecule has 1 aromatic rings. The molecule has 126 valence electrons. The molecule has 1 heterocycles. The second kappa shape index (κ2) is 4.93. The van der Waals surface area contributed by atoms with Crippen molar-refractivity contribution in [2.75, 3.05) is 5.01 Å². The molecule has 3 fully saturated rings. The van der Waals surface area contributed by atoms with Gasteiger partial charge in [-0.15, -0.1) is 0 Å². The summed E-state index contributed by atoms with van der Waals surface area (Å²) < 4.78 is 0. The van der Waals surface area contributed by atoms with E-state index in [-0.39, 0.29) is 17.4 Å². The zero-order valence-electron chi connectivity index (χ0n) is 14.1. The van der Waals surface area contributed by atoms with E-state index >= 15 is 0 Å². The molecule has 3 aliphatic rings. The van der Waals surface area contributed by atoms with Crippen molar-refractivity contribution in [3.63, 3.8) is 0 Å². The van der Waals surface area contributed by atoms with Crippen LogP contribution in [-0.2, 0) is 14.4 Å². The summed E-state index contributed by atoms with van der Waals surface area (Å²) in [5.74, 6) is -0.0174. The Labute approximate surface area is 141 Å². The van der Waals surface area contributed by atoms with Crippen molar-refractivity contribution in [3.05, 3.63) is 43.0 Å².